The predicted octanol–water partition coefficient (Wildman–Crippen LogP) is 4.18. The highest BCUT2D eigenvalue weighted by molar-refractivity contribution is 9.10. The van der Waals surface area contributed by atoms with Crippen molar-refractivity contribution in [3.05, 3.63) is 64.1 Å². The first-order chi connectivity index (χ1) is 7.68. The van der Waals surface area contributed by atoms with Crippen LogP contribution in [0.4, 0.5) is 5.69 Å². The van der Waals surface area contributed by atoms with E-state index in [1.54, 1.807) is 0 Å². The molecule has 1 unspecified atom stereocenters. The van der Waals surface area contributed by atoms with Gasteiger partial charge in [0, 0.05) is 16.1 Å². The molecular formula is C14H14BrN. The van der Waals surface area contributed by atoms with Gasteiger partial charge in [0.05, 0.1) is 0 Å². The van der Waals surface area contributed by atoms with Gasteiger partial charge in [-0.15, -0.1) is 0 Å². The van der Waals surface area contributed by atoms with Gasteiger partial charge in [-0.1, -0.05) is 53.2 Å². The maximum Gasteiger partial charge on any atom is 0.0353 e. The normalized spacial score (nSPS) is 12.4. The predicted molar refractivity (Wildman–Crippen MR) is 72.5 cm³/mol. The van der Waals surface area contributed by atoms with E-state index >= 15 is 0 Å². The maximum atomic E-state index is 6.01. The summed E-state index contributed by atoms with van der Waals surface area (Å²) in [7, 11) is 0. The lowest BCUT2D eigenvalue weighted by molar-refractivity contribution is 0.925. The highest BCUT2D eigenvalue weighted by Crippen LogP contribution is 2.30. The van der Waals surface area contributed by atoms with Crippen molar-refractivity contribution < 1.29 is 0 Å². The zero-order valence-corrected chi connectivity index (χ0v) is 10.7. The van der Waals surface area contributed by atoms with Gasteiger partial charge in [-0.2, -0.15) is 0 Å². The standard InChI is InChI=1S/C14H14BrN/c1-10(11-5-3-2-4-6-11)13-9-12(15)7-8-14(13)16/h2-10H,16H2,1H3. The van der Waals surface area contributed by atoms with Crippen LogP contribution in [-0.2, 0) is 0 Å². The molecule has 0 amide bonds. The fraction of sp³-hybridized carbons (Fsp3) is 0.143. The molecule has 2 aromatic carbocycles. The Balaban J connectivity index is 2.41. The van der Waals surface area contributed by atoms with Gasteiger partial charge in [-0.05, 0) is 29.3 Å². The zero-order valence-electron chi connectivity index (χ0n) is 9.15. The van der Waals surface area contributed by atoms with E-state index in [1.807, 2.05) is 18.2 Å². The molecule has 0 heterocycles. The fourth-order valence-electron chi connectivity index (χ4n) is 1.84. The number of anilines is 1. The fourth-order valence-corrected chi connectivity index (χ4v) is 2.22. The monoisotopic (exact) mass is 275 g/mol. The Kier molecular flexibility index (Phi) is 3.30. The average molecular weight is 276 g/mol. The van der Waals surface area contributed by atoms with Crippen LogP contribution >= 0.6 is 15.9 Å². The molecule has 0 aliphatic heterocycles. The number of nitrogens with two attached hydrogens (primary N) is 1. The Morgan fingerprint density at radius 1 is 1.06 bits per heavy atom. The lowest BCUT2D eigenvalue weighted by Crippen LogP contribution is -2.00. The maximum absolute atomic E-state index is 6.01. The molecule has 0 radical (unpaired) electrons. The largest absolute Gasteiger partial charge is 0.398 e. The molecule has 2 heteroatoms. The summed E-state index contributed by atoms with van der Waals surface area (Å²) < 4.78 is 1.07. The van der Waals surface area contributed by atoms with E-state index in [0.29, 0.717) is 5.92 Å². The number of benzene rings is 2. The lowest BCUT2D eigenvalue weighted by Gasteiger charge is -2.15. The Morgan fingerprint density at radius 2 is 1.75 bits per heavy atom. The van der Waals surface area contributed by atoms with Gasteiger partial charge in [-0.25, -0.2) is 0 Å². The third kappa shape index (κ3) is 2.27. The smallest absolute Gasteiger partial charge is 0.0353 e. The van der Waals surface area contributed by atoms with Crippen LogP contribution in [0.2, 0.25) is 0 Å². The van der Waals surface area contributed by atoms with Crippen molar-refractivity contribution in [2.45, 2.75) is 12.8 Å². The summed E-state index contributed by atoms with van der Waals surface area (Å²) in [5, 5.41) is 0. The quantitative estimate of drug-likeness (QED) is 0.818. The zero-order chi connectivity index (χ0) is 11.5. The van der Waals surface area contributed by atoms with Crippen molar-refractivity contribution >= 4 is 21.6 Å². The van der Waals surface area contributed by atoms with Crippen molar-refractivity contribution in [2.75, 3.05) is 5.73 Å². The number of rotatable bonds is 2. The van der Waals surface area contributed by atoms with Crippen molar-refractivity contribution in [1.82, 2.24) is 0 Å². The number of halogens is 1. The van der Waals surface area contributed by atoms with Crippen molar-refractivity contribution in [1.29, 1.82) is 0 Å². The average Bonchev–Trinajstić information content (AvgIpc) is 2.32. The molecule has 0 aliphatic rings. The summed E-state index contributed by atoms with van der Waals surface area (Å²) in [6, 6.07) is 16.4. The minimum Gasteiger partial charge on any atom is -0.398 e. The van der Waals surface area contributed by atoms with Crippen molar-refractivity contribution in [3.8, 4) is 0 Å². The van der Waals surface area contributed by atoms with E-state index < -0.39 is 0 Å². The summed E-state index contributed by atoms with van der Waals surface area (Å²) in [5.74, 6) is 0.318. The van der Waals surface area contributed by atoms with Crippen LogP contribution in [0.15, 0.2) is 53.0 Å². The molecule has 2 N–H and O–H groups in total. The molecule has 0 saturated carbocycles. The minimum atomic E-state index is 0.318. The topological polar surface area (TPSA) is 26.0 Å². The summed E-state index contributed by atoms with van der Waals surface area (Å²) in [6.07, 6.45) is 0. The van der Waals surface area contributed by atoms with Crippen molar-refractivity contribution in [2.24, 2.45) is 0 Å². The van der Waals surface area contributed by atoms with Gasteiger partial charge < -0.3 is 5.73 Å². The molecular weight excluding hydrogens is 262 g/mol. The van der Waals surface area contributed by atoms with E-state index in [-0.39, 0.29) is 0 Å². The Hall–Kier alpha value is -1.28. The SMILES string of the molecule is CC(c1ccccc1)c1cc(Br)ccc1N. The molecule has 0 bridgehead atoms. The van der Waals surface area contributed by atoms with Gasteiger partial charge in [0.15, 0.2) is 0 Å². The first-order valence-corrected chi connectivity index (χ1v) is 6.07. The van der Waals surface area contributed by atoms with E-state index in [1.165, 1.54) is 11.1 Å². The number of hydrogen-bond donors (Lipinski definition) is 1. The van der Waals surface area contributed by atoms with Crippen LogP contribution in [0.25, 0.3) is 0 Å². The summed E-state index contributed by atoms with van der Waals surface area (Å²) >= 11 is 3.48. The van der Waals surface area contributed by atoms with Crippen molar-refractivity contribution in [3.63, 3.8) is 0 Å². The van der Waals surface area contributed by atoms with Gasteiger partial charge in [0.25, 0.3) is 0 Å². The minimum absolute atomic E-state index is 0.318. The van der Waals surface area contributed by atoms with E-state index in [0.717, 1.165) is 10.2 Å². The van der Waals surface area contributed by atoms with Gasteiger partial charge in [0.2, 0.25) is 0 Å². The van der Waals surface area contributed by atoms with Crippen LogP contribution in [0.1, 0.15) is 24.0 Å². The summed E-state index contributed by atoms with van der Waals surface area (Å²) in [5.41, 5.74) is 9.31. The molecule has 0 saturated heterocycles. The second-order valence-electron chi connectivity index (χ2n) is 3.91. The molecule has 2 aromatic rings. The molecule has 82 valence electrons. The summed E-state index contributed by atoms with van der Waals surface area (Å²) in [6.45, 7) is 2.17. The molecule has 0 aliphatic carbocycles. The second-order valence-corrected chi connectivity index (χ2v) is 4.82. The first kappa shape index (κ1) is 11.2. The molecule has 2 rings (SSSR count). The molecule has 0 aromatic heterocycles. The Labute approximate surface area is 104 Å². The van der Waals surface area contributed by atoms with Crippen LogP contribution in [0, 0.1) is 0 Å². The van der Waals surface area contributed by atoms with Crippen LogP contribution < -0.4 is 5.73 Å². The van der Waals surface area contributed by atoms with Crippen LogP contribution in [0.5, 0.6) is 0 Å². The van der Waals surface area contributed by atoms with Gasteiger partial charge >= 0.3 is 0 Å². The highest BCUT2D eigenvalue weighted by Gasteiger charge is 2.11. The van der Waals surface area contributed by atoms with E-state index in [9.17, 15) is 0 Å². The lowest BCUT2D eigenvalue weighted by atomic mass is 9.92. The van der Waals surface area contributed by atoms with Gasteiger partial charge in [0.1, 0.15) is 0 Å². The first-order valence-electron chi connectivity index (χ1n) is 5.28. The van der Waals surface area contributed by atoms with E-state index in [2.05, 4.69) is 53.2 Å². The highest BCUT2D eigenvalue weighted by atomic mass is 79.9. The molecule has 16 heavy (non-hydrogen) atoms. The summed E-state index contributed by atoms with van der Waals surface area (Å²) in [4.78, 5) is 0. The third-order valence-electron chi connectivity index (χ3n) is 2.81. The molecule has 0 spiro atoms. The Bertz CT molecular complexity index is 479. The third-order valence-corrected chi connectivity index (χ3v) is 3.31. The molecule has 0 fully saturated rings. The number of hydrogen-bond acceptors (Lipinski definition) is 1. The van der Waals surface area contributed by atoms with Crippen LogP contribution in [0.3, 0.4) is 0 Å². The molecule has 1 nitrogen and oxygen atoms in total. The van der Waals surface area contributed by atoms with Gasteiger partial charge in [-0.3, -0.25) is 0 Å². The Morgan fingerprint density at radius 3 is 2.44 bits per heavy atom. The molecule has 1 atom stereocenters. The number of nitrogen functional groups attached to an aromatic ring is 1. The second kappa shape index (κ2) is 4.71. The van der Waals surface area contributed by atoms with E-state index in [4.69, 9.17) is 5.73 Å². The van der Waals surface area contributed by atoms with Crippen LogP contribution in [-0.4, -0.2) is 0 Å².